The Morgan fingerprint density at radius 3 is 2.53 bits per heavy atom. The normalized spacial score (nSPS) is 16.0. The van der Waals surface area contributed by atoms with Crippen LogP contribution < -0.4 is 4.74 Å². The number of β-amino-alcohol motifs (C(OH)–C–C–N with tert-alkyl or cyclic N) is 1. The van der Waals surface area contributed by atoms with Gasteiger partial charge in [0.05, 0.1) is 12.2 Å². The second-order valence-electron chi connectivity index (χ2n) is 7.69. The van der Waals surface area contributed by atoms with E-state index in [2.05, 4.69) is 4.90 Å². The molecule has 164 valence electrons. The molecule has 0 radical (unpaired) electrons. The van der Waals surface area contributed by atoms with E-state index in [1.807, 2.05) is 41.6 Å². The summed E-state index contributed by atoms with van der Waals surface area (Å²) in [5, 5.41) is 11.2. The number of ether oxygens (including phenoxy) is 2. The van der Waals surface area contributed by atoms with E-state index in [4.69, 9.17) is 9.47 Å². The highest BCUT2D eigenvalue weighted by Gasteiger charge is 2.22. The minimum absolute atomic E-state index is 0.0901. The number of hydrogen-bond acceptors (Lipinski definition) is 6. The molecule has 1 aromatic heterocycles. The number of aliphatic hydroxyl groups is 1. The molecular weight excluding hydrogens is 386 g/mol. The summed E-state index contributed by atoms with van der Waals surface area (Å²) >= 11 is 0. The lowest BCUT2D eigenvalue weighted by Crippen LogP contribution is -2.50. The van der Waals surface area contributed by atoms with E-state index in [1.165, 1.54) is 0 Å². The zero-order valence-corrected chi connectivity index (χ0v) is 18.2. The molecule has 1 atom stereocenters. The van der Waals surface area contributed by atoms with Gasteiger partial charge in [-0.25, -0.2) is 4.79 Å². The van der Waals surface area contributed by atoms with Gasteiger partial charge in [0.25, 0.3) is 0 Å². The maximum atomic E-state index is 12.4. The molecule has 0 aliphatic carbocycles. The van der Waals surface area contributed by atoms with Gasteiger partial charge in [0, 0.05) is 63.3 Å². The minimum atomic E-state index is -0.647. The number of esters is 1. The van der Waals surface area contributed by atoms with E-state index in [-0.39, 0.29) is 18.5 Å². The Balaban J connectivity index is 1.63. The smallest absolute Gasteiger partial charge is 0.340 e. The summed E-state index contributed by atoms with van der Waals surface area (Å²) in [6.07, 6.45) is -0.647. The molecular formula is C22H31N3O5. The third kappa shape index (κ3) is 4.76. The number of carbonyl (C=O) groups is 2. The first kappa shape index (κ1) is 22.1. The molecule has 1 aromatic carbocycles. The van der Waals surface area contributed by atoms with Gasteiger partial charge in [0.1, 0.15) is 18.5 Å². The van der Waals surface area contributed by atoms with E-state index in [0.29, 0.717) is 37.6 Å². The van der Waals surface area contributed by atoms with Gasteiger partial charge >= 0.3 is 5.97 Å². The van der Waals surface area contributed by atoms with E-state index >= 15 is 0 Å². The first-order valence-corrected chi connectivity index (χ1v) is 10.4. The Kier molecular flexibility index (Phi) is 6.99. The SMILES string of the molecule is CCOC(=O)c1c(C)n(C)c2ccc(OCC(O)CN3CCN(C(C)=O)CC3)cc12. The van der Waals surface area contributed by atoms with Gasteiger partial charge in [-0.3, -0.25) is 9.69 Å². The molecule has 0 spiro atoms. The number of aryl methyl sites for hydroxylation is 1. The maximum absolute atomic E-state index is 12.4. The third-order valence-electron chi connectivity index (χ3n) is 5.67. The molecule has 1 unspecified atom stereocenters. The molecule has 2 heterocycles. The lowest BCUT2D eigenvalue weighted by molar-refractivity contribution is -0.130. The van der Waals surface area contributed by atoms with E-state index in [9.17, 15) is 14.7 Å². The fourth-order valence-electron chi connectivity index (χ4n) is 3.89. The lowest BCUT2D eigenvalue weighted by atomic mass is 10.1. The monoisotopic (exact) mass is 417 g/mol. The van der Waals surface area contributed by atoms with Crippen molar-refractivity contribution in [2.75, 3.05) is 45.9 Å². The van der Waals surface area contributed by atoms with Crippen LogP contribution in [0.15, 0.2) is 18.2 Å². The number of aromatic nitrogens is 1. The van der Waals surface area contributed by atoms with Crippen molar-refractivity contribution in [3.63, 3.8) is 0 Å². The molecule has 30 heavy (non-hydrogen) atoms. The number of rotatable bonds is 7. The molecule has 8 heteroatoms. The van der Waals surface area contributed by atoms with Crippen LogP contribution in [-0.4, -0.2) is 83.4 Å². The van der Waals surface area contributed by atoms with Crippen molar-refractivity contribution in [1.29, 1.82) is 0 Å². The maximum Gasteiger partial charge on any atom is 0.340 e. The van der Waals surface area contributed by atoms with Crippen LogP contribution >= 0.6 is 0 Å². The van der Waals surface area contributed by atoms with Crippen LogP contribution in [0.2, 0.25) is 0 Å². The number of carbonyl (C=O) groups excluding carboxylic acids is 2. The summed E-state index contributed by atoms with van der Waals surface area (Å²) < 4.78 is 13.0. The highest BCUT2D eigenvalue weighted by Crippen LogP contribution is 2.29. The van der Waals surface area contributed by atoms with Crippen LogP contribution in [0.3, 0.4) is 0 Å². The summed E-state index contributed by atoms with van der Waals surface area (Å²) in [5.41, 5.74) is 2.31. The summed E-state index contributed by atoms with van der Waals surface area (Å²) in [6, 6.07) is 5.58. The van der Waals surface area contributed by atoms with Crippen LogP contribution in [0.1, 0.15) is 29.9 Å². The summed E-state index contributed by atoms with van der Waals surface area (Å²) in [7, 11) is 1.91. The zero-order chi connectivity index (χ0) is 21.8. The topological polar surface area (TPSA) is 84.2 Å². The summed E-state index contributed by atoms with van der Waals surface area (Å²) in [4.78, 5) is 27.8. The second-order valence-corrected chi connectivity index (χ2v) is 7.69. The number of amides is 1. The van der Waals surface area contributed by atoms with E-state index < -0.39 is 6.10 Å². The molecule has 1 aliphatic rings. The first-order valence-electron chi connectivity index (χ1n) is 10.4. The van der Waals surface area contributed by atoms with Crippen molar-refractivity contribution in [2.45, 2.75) is 26.9 Å². The number of hydrogen-bond donors (Lipinski definition) is 1. The Labute approximate surface area is 176 Å². The van der Waals surface area contributed by atoms with E-state index in [0.717, 1.165) is 29.7 Å². The van der Waals surface area contributed by atoms with Crippen molar-refractivity contribution in [3.8, 4) is 5.75 Å². The standard InChI is InChI=1S/C22H31N3O5/c1-5-29-22(28)21-15(2)23(4)20-7-6-18(12-19(20)21)30-14-17(27)13-24-8-10-25(11-9-24)16(3)26/h6-7,12,17,27H,5,8-11,13-14H2,1-4H3. The largest absolute Gasteiger partial charge is 0.491 e. The molecule has 0 saturated carbocycles. The van der Waals surface area contributed by atoms with Gasteiger partial charge in [-0.15, -0.1) is 0 Å². The van der Waals surface area contributed by atoms with Gasteiger partial charge in [0.2, 0.25) is 5.91 Å². The Bertz CT molecular complexity index is 915. The fraction of sp³-hybridized carbons (Fsp3) is 0.545. The third-order valence-corrected chi connectivity index (χ3v) is 5.67. The van der Waals surface area contributed by atoms with Crippen LogP contribution in [0.4, 0.5) is 0 Å². The van der Waals surface area contributed by atoms with Gasteiger partial charge in [-0.05, 0) is 32.0 Å². The molecule has 3 rings (SSSR count). The molecule has 2 aromatic rings. The molecule has 1 N–H and O–H groups in total. The van der Waals surface area contributed by atoms with Crippen LogP contribution in [-0.2, 0) is 16.6 Å². The summed E-state index contributed by atoms with van der Waals surface area (Å²) in [5.74, 6) is 0.342. The number of aliphatic hydroxyl groups excluding tert-OH is 1. The average molecular weight is 418 g/mol. The highest BCUT2D eigenvalue weighted by molar-refractivity contribution is 6.06. The molecule has 1 fully saturated rings. The van der Waals surface area contributed by atoms with Crippen molar-refractivity contribution in [1.82, 2.24) is 14.4 Å². The van der Waals surface area contributed by atoms with Crippen molar-refractivity contribution in [3.05, 3.63) is 29.5 Å². The Morgan fingerprint density at radius 2 is 1.90 bits per heavy atom. The minimum Gasteiger partial charge on any atom is -0.491 e. The molecule has 1 amide bonds. The van der Waals surface area contributed by atoms with Crippen molar-refractivity contribution in [2.24, 2.45) is 7.05 Å². The van der Waals surface area contributed by atoms with Gasteiger partial charge in [-0.1, -0.05) is 0 Å². The van der Waals surface area contributed by atoms with Crippen molar-refractivity contribution < 1.29 is 24.2 Å². The molecule has 8 nitrogen and oxygen atoms in total. The van der Waals surface area contributed by atoms with Gasteiger partial charge < -0.3 is 24.0 Å². The first-order chi connectivity index (χ1) is 14.3. The number of fused-ring (bicyclic) bond motifs is 1. The van der Waals surface area contributed by atoms with Gasteiger partial charge in [0.15, 0.2) is 0 Å². The van der Waals surface area contributed by atoms with Crippen LogP contribution in [0.25, 0.3) is 10.9 Å². The number of nitrogens with zero attached hydrogens (tertiary/aromatic N) is 3. The number of piperazine rings is 1. The Hall–Kier alpha value is -2.58. The van der Waals surface area contributed by atoms with E-state index in [1.54, 1.807) is 13.8 Å². The summed E-state index contributed by atoms with van der Waals surface area (Å²) in [6.45, 7) is 9.08. The molecule has 0 bridgehead atoms. The second kappa shape index (κ2) is 9.49. The quantitative estimate of drug-likeness (QED) is 0.689. The molecule has 1 saturated heterocycles. The van der Waals surface area contributed by atoms with Crippen molar-refractivity contribution >= 4 is 22.8 Å². The highest BCUT2D eigenvalue weighted by atomic mass is 16.5. The van der Waals surface area contributed by atoms with Crippen LogP contribution in [0, 0.1) is 6.92 Å². The average Bonchev–Trinajstić information content (AvgIpc) is 2.97. The Morgan fingerprint density at radius 1 is 1.20 bits per heavy atom. The lowest BCUT2D eigenvalue weighted by Gasteiger charge is -2.35. The molecule has 1 aliphatic heterocycles. The van der Waals surface area contributed by atoms with Crippen LogP contribution in [0.5, 0.6) is 5.75 Å². The predicted octanol–water partition coefficient (Wildman–Crippen LogP) is 1.57. The predicted molar refractivity (Wildman–Crippen MR) is 114 cm³/mol. The number of benzene rings is 1. The zero-order valence-electron chi connectivity index (χ0n) is 18.2. The fourth-order valence-corrected chi connectivity index (χ4v) is 3.89. The van der Waals surface area contributed by atoms with Gasteiger partial charge in [-0.2, -0.15) is 0 Å².